The van der Waals surface area contributed by atoms with Gasteiger partial charge in [0.25, 0.3) is 0 Å². The lowest BCUT2D eigenvalue weighted by atomic mass is 10.0. The van der Waals surface area contributed by atoms with E-state index in [9.17, 15) is 0 Å². The van der Waals surface area contributed by atoms with Gasteiger partial charge in [-0.25, -0.2) is 9.97 Å². The largest absolute Gasteiger partial charge is 0.262 e. The van der Waals surface area contributed by atoms with E-state index in [2.05, 4.69) is 15.0 Å². The molecular weight excluding hydrogens is 230 g/mol. The van der Waals surface area contributed by atoms with Gasteiger partial charge in [-0.05, 0) is 18.9 Å². The van der Waals surface area contributed by atoms with Gasteiger partial charge in [0.15, 0.2) is 0 Å². The van der Waals surface area contributed by atoms with Crippen LogP contribution in [0.25, 0.3) is 10.9 Å². The van der Waals surface area contributed by atoms with Crippen LogP contribution in [0.4, 0.5) is 0 Å². The fraction of sp³-hybridized carbons (Fsp3) is 0.462. The predicted octanol–water partition coefficient (Wildman–Crippen LogP) is 3.45. The van der Waals surface area contributed by atoms with Crippen molar-refractivity contribution in [3.05, 3.63) is 24.8 Å². The molecule has 0 aromatic carbocycles. The van der Waals surface area contributed by atoms with E-state index in [0.29, 0.717) is 0 Å². The average Bonchev–Trinajstić information content (AvgIpc) is 2.40. The summed E-state index contributed by atoms with van der Waals surface area (Å²) < 4.78 is 0. The zero-order chi connectivity index (χ0) is 11.5. The summed E-state index contributed by atoms with van der Waals surface area (Å²) in [5.41, 5.74) is 0.945. The quantitative estimate of drug-likeness (QED) is 0.760. The molecular formula is C13H15N3S. The van der Waals surface area contributed by atoms with Crippen LogP contribution < -0.4 is 0 Å². The van der Waals surface area contributed by atoms with E-state index in [1.165, 1.54) is 32.1 Å². The lowest BCUT2D eigenvalue weighted by molar-refractivity contribution is 0.516. The Bertz CT molecular complexity index is 503. The van der Waals surface area contributed by atoms with Crippen LogP contribution in [0, 0.1) is 0 Å². The molecule has 1 saturated carbocycles. The number of hydrogen-bond acceptors (Lipinski definition) is 4. The number of rotatable bonds is 2. The van der Waals surface area contributed by atoms with Crippen molar-refractivity contribution in [2.45, 2.75) is 42.4 Å². The standard InChI is InChI=1S/C13H15N3S/c1-2-4-10(5-3-1)17-13-11-6-7-14-8-12(11)15-9-16-13/h6-10H,1-5H2. The van der Waals surface area contributed by atoms with Gasteiger partial charge in [0.2, 0.25) is 0 Å². The summed E-state index contributed by atoms with van der Waals surface area (Å²) in [6.45, 7) is 0. The maximum Gasteiger partial charge on any atom is 0.117 e. The van der Waals surface area contributed by atoms with E-state index in [0.717, 1.165) is 21.2 Å². The van der Waals surface area contributed by atoms with Crippen molar-refractivity contribution in [1.82, 2.24) is 15.0 Å². The summed E-state index contributed by atoms with van der Waals surface area (Å²) in [5.74, 6) is 0. The van der Waals surface area contributed by atoms with Crippen LogP contribution in [-0.2, 0) is 0 Å². The summed E-state index contributed by atoms with van der Waals surface area (Å²) in [6, 6.07) is 2.01. The third-order valence-electron chi connectivity index (χ3n) is 3.23. The maximum atomic E-state index is 4.43. The molecule has 0 aliphatic heterocycles. The summed E-state index contributed by atoms with van der Waals surface area (Å²) in [6.07, 6.45) is 12.0. The van der Waals surface area contributed by atoms with E-state index < -0.39 is 0 Å². The van der Waals surface area contributed by atoms with Crippen molar-refractivity contribution in [2.75, 3.05) is 0 Å². The first-order valence-corrected chi connectivity index (χ1v) is 7.03. The van der Waals surface area contributed by atoms with Gasteiger partial charge in [0.05, 0.1) is 11.7 Å². The van der Waals surface area contributed by atoms with Crippen LogP contribution in [0.3, 0.4) is 0 Å². The number of aromatic nitrogens is 3. The fourth-order valence-electron chi connectivity index (χ4n) is 2.32. The minimum atomic E-state index is 0.731. The molecule has 17 heavy (non-hydrogen) atoms. The second-order valence-electron chi connectivity index (χ2n) is 4.45. The summed E-state index contributed by atoms with van der Waals surface area (Å²) in [7, 11) is 0. The van der Waals surface area contributed by atoms with Crippen LogP contribution in [0.2, 0.25) is 0 Å². The smallest absolute Gasteiger partial charge is 0.117 e. The zero-order valence-corrected chi connectivity index (χ0v) is 10.5. The molecule has 1 fully saturated rings. The van der Waals surface area contributed by atoms with E-state index in [1.54, 1.807) is 6.33 Å². The van der Waals surface area contributed by atoms with Crippen molar-refractivity contribution >= 4 is 22.7 Å². The Morgan fingerprint density at radius 1 is 1.12 bits per heavy atom. The highest BCUT2D eigenvalue weighted by atomic mass is 32.2. The first kappa shape index (κ1) is 11.0. The molecule has 0 radical (unpaired) electrons. The number of hydrogen-bond donors (Lipinski definition) is 0. The molecule has 1 aliphatic rings. The third kappa shape index (κ3) is 2.41. The van der Waals surface area contributed by atoms with Crippen LogP contribution >= 0.6 is 11.8 Å². The molecule has 2 aromatic rings. The van der Waals surface area contributed by atoms with Gasteiger partial charge >= 0.3 is 0 Å². The molecule has 0 atom stereocenters. The maximum absolute atomic E-state index is 4.43. The van der Waals surface area contributed by atoms with E-state index in [1.807, 2.05) is 30.2 Å². The Morgan fingerprint density at radius 3 is 2.88 bits per heavy atom. The van der Waals surface area contributed by atoms with Crippen LogP contribution in [0.5, 0.6) is 0 Å². The van der Waals surface area contributed by atoms with E-state index in [-0.39, 0.29) is 0 Å². The molecule has 0 bridgehead atoms. The Morgan fingerprint density at radius 2 is 2.00 bits per heavy atom. The van der Waals surface area contributed by atoms with Gasteiger partial charge in [-0.3, -0.25) is 4.98 Å². The SMILES string of the molecule is c1cc2c(SC3CCCCC3)ncnc2cn1. The molecule has 0 N–H and O–H groups in total. The molecule has 1 aliphatic carbocycles. The molecule has 4 heteroatoms. The van der Waals surface area contributed by atoms with Crippen LogP contribution in [0.1, 0.15) is 32.1 Å². The number of nitrogens with zero attached hydrogens (tertiary/aromatic N) is 3. The average molecular weight is 245 g/mol. The molecule has 0 spiro atoms. The van der Waals surface area contributed by atoms with Crippen LogP contribution in [0.15, 0.2) is 29.8 Å². The molecule has 0 amide bonds. The highest BCUT2D eigenvalue weighted by molar-refractivity contribution is 8.00. The highest BCUT2D eigenvalue weighted by Gasteiger charge is 2.16. The highest BCUT2D eigenvalue weighted by Crippen LogP contribution is 2.34. The lowest BCUT2D eigenvalue weighted by Gasteiger charge is -2.20. The van der Waals surface area contributed by atoms with Crippen molar-refractivity contribution in [3.63, 3.8) is 0 Å². The summed E-state index contributed by atoms with van der Waals surface area (Å²) in [5, 5.41) is 2.98. The van der Waals surface area contributed by atoms with Gasteiger partial charge < -0.3 is 0 Å². The summed E-state index contributed by atoms with van der Waals surface area (Å²) >= 11 is 1.92. The molecule has 2 heterocycles. The van der Waals surface area contributed by atoms with Gasteiger partial charge in [-0.1, -0.05) is 19.3 Å². The number of pyridine rings is 1. The monoisotopic (exact) mass is 245 g/mol. The van der Waals surface area contributed by atoms with Crippen molar-refractivity contribution in [2.24, 2.45) is 0 Å². The molecule has 0 saturated heterocycles. The van der Waals surface area contributed by atoms with E-state index >= 15 is 0 Å². The molecule has 0 unspecified atom stereocenters. The lowest BCUT2D eigenvalue weighted by Crippen LogP contribution is -2.08. The number of fused-ring (bicyclic) bond motifs is 1. The first-order valence-electron chi connectivity index (χ1n) is 6.15. The molecule has 88 valence electrons. The number of thioether (sulfide) groups is 1. The predicted molar refractivity (Wildman–Crippen MR) is 70.1 cm³/mol. The minimum Gasteiger partial charge on any atom is -0.262 e. The van der Waals surface area contributed by atoms with Gasteiger partial charge in [0.1, 0.15) is 11.4 Å². The van der Waals surface area contributed by atoms with Crippen molar-refractivity contribution < 1.29 is 0 Å². The van der Waals surface area contributed by atoms with Crippen molar-refractivity contribution in [1.29, 1.82) is 0 Å². The normalized spacial score (nSPS) is 17.4. The molecule has 2 aromatic heterocycles. The minimum absolute atomic E-state index is 0.731. The van der Waals surface area contributed by atoms with Gasteiger partial charge in [-0.15, -0.1) is 11.8 Å². The second kappa shape index (κ2) is 5.00. The van der Waals surface area contributed by atoms with Crippen LogP contribution in [-0.4, -0.2) is 20.2 Å². The molecule has 3 rings (SSSR count). The fourth-order valence-corrected chi connectivity index (χ4v) is 3.61. The Labute approximate surface area is 105 Å². The Hall–Kier alpha value is -1.16. The van der Waals surface area contributed by atoms with Gasteiger partial charge in [-0.2, -0.15) is 0 Å². The third-order valence-corrected chi connectivity index (χ3v) is 4.59. The van der Waals surface area contributed by atoms with Gasteiger partial charge in [0, 0.05) is 16.8 Å². The second-order valence-corrected chi connectivity index (χ2v) is 5.74. The van der Waals surface area contributed by atoms with Crippen molar-refractivity contribution in [3.8, 4) is 0 Å². The zero-order valence-electron chi connectivity index (χ0n) is 9.67. The Kier molecular flexibility index (Phi) is 3.22. The van der Waals surface area contributed by atoms with E-state index in [4.69, 9.17) is 0 Å². The summed E-state index contributed by atoms with van der Waals surface area (Å²) in [4.78, 5) is 12.8. The molecule has 3 nitrogen and oxygen atoms in total. The Balaban J connectivity index is 1.89. The first-order chi connectivity index (χ1) is 8.43. The topological polar surface area (TPSA) is 38.7 Å².